The zero-order chi connectivity index (χ0) is 17.2. The number of rotatable bonds is 3. The Morgan fingerprint density at radius 1 is 1.35 bits per heavy atom. The fourth-order valence-corrected chi connectivity index (χ4v) is 3.20. The monoisotopic (exact) mass is 325 g/mol. The topological polar surface area (TPSA) is 61.9 Å². The van der Waals surface area contributed by atoms with Crippen LogP contribution in [-0.2, 0) is 9.53 Å². The van der Waals surface area contributed by atoms with E-state index in [-0.39, 0.29) is 24.1 Å². The van der Waals surface area contributed by atoms with E-state index in [1.807, 2.05) is 32.6 Å². The van der Waals surface area contributed by atoms with Crippen molar-refractivity contribution in [3.63, 3.8) is 0 Å². The van der Waals surface area contributed by atoms with Crippen molar-refractivity contribution in [3.05, 3.63) is 0 Å². The molecule has 2 aliphatic rings. The van der Waals surface area contributed by atoms with Gasteiger partial charge in [0.25, 0.3) is 0 Å². The van der Waals surface area contributed by atoms with E-state index < -0.39 is 5.60 Å². The van der Waals surface area contributed by atoms with Gasteiger partial charge in [0.1, 0.15) is 5.60 Å². The van der Waals surface area contributed by atoms with Crippen LogP contribution < -0.4 is 5.32 Å². The van der Waals surface area contributed by atoms with Crippen LogP contribution in [0, 0.1) is 5.92 Å². The molecule has 0 bridgehead atoms. The van der Waals surface area contributed by atoms with E-state index in [0.29, 0.717) is 25.4 Å². The van der Waals surface area contributed by atoms with Gasteiger partial charge in [-0.3, -0.25) is 4.79 Å². The fourth-order valence-electron chi connectivity index (χ4n) is 3.20. The molecule has 3 atom stereocenters. The van der Waals surface area contributed by atoms with Gasteiger partial charge >= 0.3 is 6.09 Å². The Morgan fingerprint density at radius 3 is 2.61 bits per heavy atom. The lowest BCUT2D eigenvalue weighted by Gasteiger charge is -2.40. The average Bonchev–Trinajstić information content (AvgIpc) is 2.79. The quantitative estimate of drug-likeness (QED) is 0.860. The Morgan fingerprint density at radius 2 is 2.04 bits per heavy atom. The van der Waals surface area contributed by atoms with Crippen LogP contribution in [0.25, 0.3) is 0 Å². The third kappa shape index (κ3) is 4.83. The third-order valence-corrected chi connectivity index (χ3v) is 4.59. The van der Waals surface area contributed by atoms with Gasteiger partial charge in [-0.1, -0.05) is 13.3 Å². The highest BCUT2D eigenvalue weighted by atomic mass is 16.6. The van der Waals surface area contributed by atoms with E-state index in [1.165, 1.54) is 0 Å². The summed E-state index contributed by atoms with van der Waals surface area (Å²) < 4.78 is 5.50. The molecule has 2 rings (SSSR count). The lowest BCUT2D eigenvalue weighted by Crippen LogP contribution is -2.60. The molecule has 2 fully saturated rings. The molecule has 0 spiro atoms. The van der Waals surface area contributed by atoms with Crippen LogP contribution >= 0.6 is 0 Å². The zero-order valence-corrected chi connectivity index (χ0v) is 15.1. The summed E-state index contributed by atoms with van der Waals surface area (Å²) in [7, 11) is 0. The molecule has 6 nitrogen and oxygen atoms in total. The molecule has 0 aromatic rings. The van der Waals surface area contributed by atoms with Crippen molar-refractivity contribution in [3.8, 4) is 0 Å². The summed E-state index contributed by atoms with van der Waals surface area (Å²) in [5.74, 6) is 0.716. The number of likely N-dealkylation sites (tertiary alicyclic amines) is 1. The van der Waals surface area contributed by atoms with Gasteiger partial charge < -0.3 is 19.9 Å². The van der Waals surface area contributed by atoms with Crippen molar-refractivity contribution in [1.82, 2.24) is 15.1 Å². The first-order chi connectivity index (χ1) is 10.7. The highest BCUT2D eigenvalue weighted by molar-refractivity contribution is 5.78. The molecule has 6 heteroatoms. The Balaban J connectivity index is 1.92. The van der Waals surface area contributed by atoms with E-state index >= 15 is 0 Å². The van der Waals surface area contributed by atoms with Gasteiger partial charge in [0.2, 0.25) is 5.91 Å². The SMILES string of the molecule is CCC1CC(=O)N(C[C@H]2CN(C(=O)OC(C)(C)C)[C@H](C)CN2)C1. The van der Waals surface area contributed by atoms with Gasteiger partial charge in [0.15, 0.2) is 0 Å². The van der Waals surface area contributed by atoms with Crippen molar-refractivity contribution < 1.29 is 14.3 Å². The predicted octanol–water partition coefficient (Wildman–Crippen LogP) is 1.84. The van der Waals surface area contributed by atoms with Crippen LogP contribution in [0.15, 0.2) is 0 Å². The Bertz CT molecular complexity index is 447. The van der Waals surface area contributed by atoms with Crippen LogP contribution in [0.1, 0.15) is 47.5 Å². The van der Waals surface area contributed by atoms with Crippen LogP contribution in [0.5, 0.6) is 0 Å². The highest BCUT2D eigenvalue weighted by Crippen LogP contribution is 2.21. The second-order valence-electron chi connectivity index (χ2n) is 7.86. The predicted molar refractivity (Wildman–Crippen MR) is 89.2 cm³/mol. The van der Waals surface area contributed by atoms with Gasteiger partial charge in [-0.05, 0) is 33.6 Å². The average molecular weight is 325 g/mol. The third-order valence-electron chi connectivity index (χ3n) is 4.59. The molecule has 23 heavy (non-hydrogen) atoms. The van der Waals surface area contributed by atoms with Crippen LogP contribution in [-0.4, -0.2) is 65.7 Å². The fraction of sp³-hybridized carbons (Fsp3) is 0.882. The molecule has 0 radical (unpaired) electrons. The standard InChI is InChI=1S/C17H31N3O3/c1-6-13-7-15(21)19(9-13)10-14-11-20(12(2)8-18-14)16(22)23-17(3,4)5/h12-14,18H,6-11H2,1-5H3/t12-,13?,14+/m1/s1. The Kier molecular flexibility index (Phi) is 5.55. The maximum Gasteiger partial charge on any atom is 0.410 e. The molecule has 2 saturated heterocycles. The normalized spacial score (nSPS) is 29.1. The highest BCUT2D eigenvalue weighted by Gasteiger charge is 2.35. The van der Waals surface area contributed by atoms with Crippen molar-refractivity contribution in [1.29, 1.82) is 0 Å². The second-order valence-corrected chi connectivity index (χ2v) is 7.86. The van der Waals surface area contributed by atoms with E-state index in [4.69, 9.17) is 4.74 Å². The summed E-state index contributed by atoms with van der Waals surface area (Å²) in [5, 5.41) is 3.45. The minimum absolute atomic E-state index is 0.0961. The molecular weight excluding hydrogens is 294 g/mol. The van der Waals surface area contributed by atoms with E-state index in [1.54, 1.807) is 4.90 Å². The molecule has 1 unspecified atom stereocenters. The first kappa shape index (κ1) is 18.0. The van der Waals surface area contributed by atoms with Crippen molar-refractivity contribution >= 4 is 12.0 Å². The van der Waals surface area contributed by atoms with Gasteiger partial charge in [0.05, 0.1) is 0 Å². The molecule has 2 heterocycles. The maximum atomic E-state index is 12.4. The van der Waals surface area contributed by atoms with Crippen LogP contribution in [0.3, 0.4) is 0 Å². The minimum atomic E-state index is -0.490. The minimum Gasteiger partial charge on any atom is -0.444 e. The molecule has 0 aromatic heterocycles. The van der Waals surface area contributed by atoms with Crippen molar-refractivity contribution in [2.75, 3.05) is 26.2 Å². The molecule has 2 amide bonds. The summed E-state index contributed by atoms with van der Waals surface area (Å²) in [6.07, 6.45) is 1.44. The lowest BCUT2D eigenvalue weighted by atomic mass is 10.1. The number of nitrogens with one attached hydrogen (secondary N) is 1. The number of amides is 2. The number of nitrogens with zero attached hydrogens (tertiary/aromatic N) is 2. The maximum absolute atomic E-state index is 12.4. The summed E-state index contributed by atoms with van der Waals surface area (Å²) in [6, 6.07) is 0.206. The summed E-state index contributed by atoms with van der Waals surface area (Å²) >= 11 is 0. The molecule has 0 saturated carbocycles. The molecule has 1 N–H and O–H groups in total. The van der Waals surface area contributed by atoms with E-state index in [0.717, 1.165) is 19.5 Å². The number of piperazine rings is 1. The molecular formula is C17H31N3O3. The molecule has 0 aromatic carbocycles. The van der Waals surface area contributed by atoms with Gasteiger partial charge in [-0.25, -0.2) is 4.79 Å². The van der Waals surface area contributed by atoms with Crippen molar-refractivity contribution in [2.45, 2.75) is 65.1 Å². The number of ether oxygens (including phenoxy) is 1. The number of carbonyl (C=O) groups excluding carboxylic acids is 2. The largest absolute Gasteiger partial charge is 0.444 e. The molecule has 132 valence electrons. The van der Waals surface area contributed by atoms with Crippen LogP contribution in [0.2, 0.25) is 0 Å². The number of hydrogen-bond acceptors (Lipinski definition) is 4. The lowest BCUT2D eigenvalue weighted by molar-refractivity contribution is -0.128. The zero-order valence-electron chi connectivity index (χ0n) is 15.1. The van der Waals surface area contributed by atoms with Gasteiger partial charge in [-0.2, -0.15) is 0 Å². The second kappa shape index (κ2) is 7.07. The van der Waals surface area contributed by atoms with Gasteiger partial charge in [0, 0.05) is 44.7 Å². The Hall–Kier alpha value is -1.30. The van der Waals surface area contributed by atoms with E-state index in [2.05, 4.69) is 12.2 Å². The van der Waals surface area contributed by atoms with Gasteiger partial charge in [-0.15, -0.1) is 0 Å². The van der Waals surface area contributed by atoms with Crippen LogP contribution in [0.4, 0.5) is 4.79 Å². The number of hydrogen-bond donors (Lipinski definition) is 1. The Labute approximate surface area is 139 Å². The first-order valence-corrected chi connectivity index (χ1v) is 8.70. The summed E-state index contributed by atoms with van der Waals surface area (Å²) in [5.41, 5.74) is -0.490. The summed E-state index contributed by atoms with van der Waals surface area (Å²) in [4.78, 5) is 28.2. The molecule has 0 aliphatic carbocycles. The molecule has 2 aliphatic heterocycles. The van der Waals surface area contributed by atoms with Crippen molar-refractivity contribution in [2.24, 2.45) is 5.92 Å². The summed E-state index contributed by atoms with van der Waals surface area (Å²) in [6.45, 7) is 12.6. The van der Waals surface area contributed by atoms with E-state index in [9.17, 15) is 9.59 Å². The smallest absolute Gasteiger partial charge is 0.410 e. The first-order valence-electron chi connectivity index (χ1n) is 8.70. The number of carbonyl (C=O) groups is 2.